The van der Waals surface area contributed by atoms with Crippen LogP contribution in [-0.2, 0) is 16.7 Å². The molecule has 9 heteroatoms. The molecular weight excluding hydrogens is 478 g/mol. The third-order valence-electron chi connectivity index (χ3n) is 5.66. The first-order valence-corrected chi connectivity index (χ1v) is 12.2. The molecule has 0 bridgehead atoms. The van der Waals surface area contributed by atoms with Crippen molar-refractivity contribution in [3.05, 3.63) is 70.9 Å². The van der Waals surface area contributed by atoms with Gasteiger partial charge in [-0.25, -0.2) is 14.3 Å². The average molecular weight is 512 g/mol. The maximum atomic E-state index is 12.7. The maximum absolute atomic E-state index is 12.7. The van der Waals surface area contributed by atoms with E-state index >= 15 is 0 Å². The number of hydrogen-bond acceptors (Lipinski definition) is 4. The Hall–Kier alpha value is -3.52. The van der Waals surface area contributed by atoms with Crippen LogP contribution in [0.4, 0.5) is 21.1 Å². The lowest BCUT2D eigenvalue weighted by atomic mass is 9.92. The molecule has 8 nitrogen and oxygen atoms in total. The van der Waals surface area contributed by atoms with Crippen LogP contribution in [0.25, 0.3) is 5.69 Å². The summed E-state index contributed by atoms with van der Waals surface area (Å²) in [5.41, 5.74) is 2.40. The van der Waals surface area contributed by atoms with Crippen LogP contribution >= 0.6 is 11.6 Å². The van der Waals surface area contributed by atoms with E-state index in [9.17, 15) is 9.59 Å². The number of anilines is 2. The molecule has 36 heavy (non-hydrogen) atoms. The normalized spacial score (nSPS) is 11.6. The van der Waals surface area contributed by atoms with Crippen LogP contribution in [0.1, 0.15) is 59.2 Å². The molecule has 1 heterocycles. The Kier molecular flexibility index (Phi) is 8.30. The number of amides is 3. The highest BCUT2D eigenvalue weighted by Gasteiger charge is 2.22. The molecule has 0 aliphatic rings. The fourth-order valence-corrected chi connectivity index (χ4v) is 3.26. The molecule has 0 atom stereocenters. The molecule has 1 aromatic heterocycles. The molecule has 2 aromatic carbocycles. The van der Waals surface area contributed by atoms with Crippen LogP contribution in [0.2, 0.25) is 5.02 Å². The quantitative estimate of drug-likeness (QED) is 0.322. The Morgan fingerprint density at radius 2 is 1.61 bits per heavy atom. The van der Waals surface area contributed by atoms with Crippen molar-refractivity contribution in [2.45, 2.75) is 65.5 Å². The van der Waals surface area contributed by atoms with Crippen molar-refractivity contribution in [1.29, 1.82) is 0 Å². The third-order valence-corrected chi connectivity index (χ3v) is 5.91. The van der Waals surface area contributed by atoms with Gasteiger partial charge < -0.3 is 15.4 Å². The summed E-state index contributed by atoms with van der Waals surface area (Å²) in [5, 5.41) is 13.8. The Morgan fingerprint density at radius 1 is 0.972 bits per heavy atom. The van der Waals surface area contributed by atoms with Gasteiger partial charge >= 0.3 is 12.1 Å². The molecule has 3 amide bonds. The van der Waals surface area contributed by atoms with Crippen molar-refractivity contribution in [3.63, 3.8) is 0 Å². The summed E-state index contributed by atoms with van der Waals surface area (Å²) in [6.45, 7) is 12.2. The number of ether oxygens (including phenoxy) is 1. The van der Waals surface area contributed by atoms with Crippen LogP contribution in [0.3, 0.4) is 0 Å². The first-order chi connectivity index (χ1) is 16.9. The van der Waals surface area contributed by atoms with Gasteiger partial charge in [-0.1, -0.05) is 51.4 Å². The third kappa shape index (κ3) is 7.49. The summed E-state index contributed by atoms with van der Waals surface area (Å²) in [6.07, 6.45) is 0.273. The number of urea groups is 1. The highest BCUT2D eigenvalue weighted by atomic mass is 35.5. The van der Waals surface area contributed by atoms with Gasteiger partial charge in [0.1, 0.15) is 11.4 Å². The first-order valence-electron chi connectivity index (χ1n) is 11.9. The summed E-state index contributed by atoms with van der Waals surface area (Å²) < 4.78 is 7.11. The molecular formula is C27H34ClN5O3. The second-order valence-corrected chi connectivity index (χ2v) is 10.6. The Balaban J connectivity index is 1.74. The molecule has 3 N–H and O–H groups in total. The monoisotopic (exact) mass is 511 g/mol. The van der Waals surface area contributed by atoms with E-state index in [2.05, 4.69) is 36.7 Å². The van der Waals surface area contributed by atoms with Gasteiger partial charge in [-0.05, 0) is 62.2 Å². The Labute approximate surface area is 217 Å². The molecule has 0 aliphatic carbocycles. The largest absolute Gasteiger partial charge is 0.444 e. The van der Waals surface area contributed by atoms with E-state index in [4.69, 9.17) is 21.4 Å². The number of carbonyl (C=O) groups is 2. The molecule has 192 valence electrons. The van der Waals surface area contributed by atoms with Crippen LogP contribution in [-0.4, -0.2) is 27.5 Å². The van der Waals surface area contributed by atoms with Crippen LogP contribution in [0.15, 0.2) is 54.6 Å². The smallest absolute Gasteiger partial charge is 0.407 e. The van der Waals surface area contributed by atoms with E-state index in [1.165, 1.54) is 0 Å². The second-order valence-electron chi connectivity index (χ2n) is 10.2. The lowest BCUT2D eigenvalue weighted by Gasteiger charge is -2.23. The van der Waals surface area contributed by atoms with Crippen LogP contribution in [0, 0.1) is 0 Å². The lowest BCUT2D eigenvalue weighted by Crippen LogP contribution is -2.33. The number of rotatable bonds is 7. The summed E-state index contributed by atoms with van der Waals surface area (Å²) in [5.74, 6) is 0.530. The van der Waals surface area contributed by atoms with E-state index in [0.29, 0.717) is 23.1 Å². The second kappa shape index (κ2) is 11.0. The number of benzene rings is 2. The van der Waals surface area contributed by atoms with Crippen LogP contribution < -0.4 is 16.0 Å². The van der Waals surface area contributed by atoms with E-state index in [-0.39, 0.29) is 5.41 Å². The number of alkyl carbamates (subject to hydrolysis) is 1. The minimum Gasteiger partial charge on any atom is -0.444 e. The molecule has 0 aliphatic heterocycles. The average Bonchev–Trinajstić information content (AvgIpc) is 3.23. The van der Waals surface area contributed by atoms with Crippen molar-refractivity contribution in [3.8, 4) is 5.69 Å². The van der Waals surface area contributed by atoms with Crippen molar-refractivity contribution in [2.75, 3.05) is 10.6 Å². The number of halogens is 1. The summed E-state index contributed by atoms with van der Waals surface area (Å²) in [6, 6.07) is 15.9. The zero-order valence-corrected chi connectivity index (χ0v) is 22.4. The minimum atomic E-state index is -0.512. The zero-order valence-electron chi connectivity index (χ0n) is 21.6. The van der Waals surface area contributed by atoms with Gasteiger partial charge in [0.05, 0.1) is 11.4 Å². The fourth-order valence-electron chi connectivity index (χ4n) is 3.13. The molecule has 3 rings (SSSR count). The predicted octanol–water partition coefficient (Wildman–Crippen LogP) is 6.88. The fraction of sp³-hybridized carbons (Fsp3) is 0.370. The molecule has 3 aromatic rings. The molecule has 0 radical (unpaired) electrons. The van der Waals surface area contributed by atoms with Gasteiger partial charge in [-0.3, -0.25) is 5.32 Å². The molecule has 0 saturated heterocycles. The van der Waals surface area contributed by atoms with Crippen molar-refractivity contribution >= 4 is 35.2 Å². The van der Waals surface area contributed by atoms with Gasteiger partial charge in [0.2, 0.25) is 0 Å². The van der Waals surface area contributed by atoms with Crippen molar-refractivity contribution < 1.29 is 14.3 Å². The first kappa shape index (κ1) is 27.1. The topological polar surface area (TPSA) is 97.3 Å². The molecule has 0 fully saturated rings. The number of nitrogens with zero attached hydrogens (tertiary/aromatic N) is 2. The van der Waals surface area contributed by atoms with Gasteiger partial charge in [0.15, 0.2) is 0 Å². The number of aromatic nitrogens is 2. The molecule has 0 unspecified atom stereocenters. The van der Waals surface area contributed by atoms with Gasteiger partial charge in [0.25, 0.3) is 0 Å². The number of carbonyl (C=O) groups excluding carboxylic acids is 2. The minimum absolute atomic E-state index is 0.217. The van der Waals surface area contributed by atoms with E-state index in [1.807, 2.05) is 51.1 Å². The summed E-state index contributed by atoms with van der Waals surface area (Å²) in [4.78, 5) is 24.8. The highest BCUT2D eigenvalue weighted by molar-refractivity contribution is 6.30. The number of nitrogens with one attached hydrogen (secondary N) is 3. The zero-order chi connectivity index (χ0) is 26.5. The highest BCUT2D eigenvalue weighted by Crippen LogP contribution is 2.27. The van der Waals surface area contributed by atoms with E-state index in [0.717, 1.165) is 23.4 Å². The SMILES string of the molecule is CCC(C)(C)OC(=O)NCc1ccc(-n2nc(C(C)(C)C)cc2NC(=O)Nc2ccc(Cl)cc2)cc1. The Morgan fingerprint density at radius 3 is 2.19 bits per heavy atom. The molecule has 0 saturated carbocycles. The van der Waals surface area contributed by atoms with E-state index < -0.39 is 17.7 Å². The Bertz CT molecular complexity index is 1200. The molecule has 0 spiro atoms. The summed E-state index contributed by atoms with van der Waals surface area (Å²) in [7, 11) is 0. The van der Waals surface area contributed by atoms with Gasteiger partial charge in [0, 0.05) is 28.7 Å². The van der Waals surface area contributed by atoms with Gasteiger partial charge in [-0.2, -0.15) is 5.10 Å². The van der Waals surface area contributed by atoms with E-state index in [1.54, 1.807) is 28.9 Å². The predicted molar refractivity (Wildman–Crippen MR) is 144 cm³/mol. The van der Waals surface area contributed by atoms with Crippen LogP contribution in [0.5, 0.6) is 0 Å². The van der Waals surface area contributed by atoms with Crippen molar-refractivity contribution in [1.82, 2.24) is 15.1 Å². The lowest BCUT2D eigenvalue weighted by molar-refractivity contribution is 0.0360. The van der Waals surface area contributed by atoms with Gasteiger partial charge in [-0.15, -0.1) is 0 Å². The van der Waals surface area contributed by atoms with Crippen molar-refractivity contribution in [2.24, 2.45) is 0 Å². The number of hydrogen-bond donors (Lipinski definition) is 3. The standard InChI is InChI=1S/C27H34ClN5O3/c1-7-27(5,6)36-25(35)29-17-18-8-14-21(15-9-18)33-23(16-22(32-33)26(2,3)4)31-24(34)30-20-12-10-19(28)11-13-20/h8-16H,7,17H2,1-6H3,(H,29,35)(H2,30,31,34). The maximum Gasteiger partial charge on any atom is 0.407 e. The summed E-state index contributed by atoms with van der Waals surface area (Å²) >= 11 is 5.92.